The highest BCUT2D eigenvalue weighted by Crippen LogP contribution is 2.32. The van der Waals surface area contributed by atoms with Crippen LogP contribution in [-0.2, 0) is 6.18 Å². The molecule has 0 radical (unpaired) electrons. The maximum atomic E-state index is 12.3. The van der Waals surface area contributed by atoms with Crippen LogP contribution in [0.15, 0.2) is 18.2 Å². The van der Waals surface area contributed by atoms with Gasteiger partial charge in [-0.2, -0.15) is 18.3 Å². The van der Waals surface area contributed by atoms with Crippen molar-refractivity contribution in [2.24, 2.45) is 0 Å². The number of thiophene rings is 1. The van der Waals surface area contributed by atoms with E-state index in [0.717, 1.165) is 15.8 Å². The van der Waals surface area contributed by atoms with Crippen molar-refractivity contribution in [3.63, 3.8) is 0 Å². The zero-order chi connectivity index (χ0) is 11.1. The van der Waals surface area contributed by atoms with Gasteiger partial charge in [0.15, 0.2) is 0 Å². The fourth-order valence-electron chi connectivity index (χ4n) is 1.17. The number of nitrogens with zero attached hydrogens (tertiary/aromatic N) is 1. The highest BCUT2D eigenvalue weighted by molar-refractivity contribution is 7.15. The first-order valence-corrected chi connectivity index (χ1v) is 4.98. The van der Waals surface area contributed by atoms with Crippen LogP contribution in [0.3, 0.4) is 0 Å². The van der Waals surface area contributed by atoms with Gasteiger partial charge in [-0.25, -0.2) is 0 Å². The van der Waals surface area contributed by atoms with Crippen LogP contribution < -0.4 is 0 Å². The first-order valence-electron chi connectivity index (χ1n) is 4.16. The number of H-pyrrole nitrogens is 1. The van der Waals surface area contributed by atoms with E-state index in [1.165, 1.54) is 11.3 Å². The quantitative estimate of drug-likeness (QED) is 0.808. The molecule has 6 heteroatoms. The van der Waals surface area contributed by atoms with Crippen LogP contribution in [-0.4, -0.2) is 10.2 Å². The molecule has 1 N–H and O–H groups in total. The van der Waals surface area contributed by atoms with Crippen LogP contribution in [0, 0.1) is 6.92 Å². The number of aromatic nitrogens is 2. The monoisotopic (exact) mass is 248 g/mol. The molecule has 2 aromatic rings. The summed E-state index contributed by atoms with van der Waals surface area (Å²) in [4.78, 5) is 1.78. The van der Waals surface area contributed by atoms with Crippen molar-refractivity contribution >= 4 is 11.3 Å². The van der Waals surface area contributed by atoms with E-state index in [-0.39, 0.29) is 7.43 Å². The topological polar surface area (TPSA) is 28.7 Å². The van der Waals surface area contributed by atoms with Crippen molar-refractivity contribution < 1.29 is 13.2 Å². The number of rotatable bonds is 1. The Kier molecular flexibility index (Phi) is 3.42. The lowest BCUT2D eigenvalue weighted by Crippen LogP contribution is -2.04. The second kappa shape index (κ2) is 4.29. The summed E-state index contributed by atoms with van der Waals surface area (Å²) in [7, 11) is 0. The molecule has 2 nitrogen and oxygen atoms in total. The first-order chi connectivity index (χ1) is 6.97. The fraction of sp³-hybridized carbons (Fsp3) is 0.300. The predicted molar refractivity (Wildman–Crippen MR) is 58.4 cm³/mol. The number of alkyl halides is 3. The largest absolute Gasteiger partial charge is 0.432 e. The van der Waals surface area contributed by atoms with Gasteiger partial charge >= 0.3 is 6.18 Å². The summed E-state index contributed by atoms with van der Waals surface area (Å²) in [5.41, 5.74) is -0.482. The number of hydrogen-bond donors (Lipinski definition) is 1. The third-order valence-electron chi connectivity index (χ3n) is 1.88. The van der Waals surface area contributed by atoms with Crippen molar-refractivity contribution in [2.45, 2.75) is 20.5 Å². The first kappa shape index (κ1) is 12.8. The lowest BCUT2D eigenvalue weighted by atomic mass is 10.3. The van der Waals surface area contributed by atoms with E-state index >= 15 is 0 Å². The second-order valence-corrected chi connectivity index (χ2v) is 4.36. The lowest BCUT2D eigenvalue weighted by Gasteiger charge is -1.99. The van der Waals surface area contributed by atoms with Crippen LogP contribution in [0.5, 0.6) is 0 Å². The van der Waals surface area contributed by atoms with Crippen molar-refractivity contribution in [1.29, 1.82) is 0 Å². The van der Waals surface area contributed by atoms with Crippen molar-refractivity contribution in [1.82, 2.24) is 10.2 Å². The molecule has 0 amide bonds. The Morgan fingerprint density at radius 1 is 1.31 bits per heavy atom. The Bertz CT molecular complexity index is 470. The zero-order valence-electron chi connectivity index (χ0n) is 7.72. The van der Waals surface area contributed by atoms with Crippen LogP contribution in [0.25, 0.3) is 10.6 Å². The van der Waals surface area contributed by atoms with Gasteiger partial charge in [0.05, 0.1) is 4.88 Å². The third-order valence-corrected chi connectivity index (χ3v) is 2.90. The summed E-state index contributed by atoms with van der Waals surface area (Å²) in [6.45, 7) is 1.89. The van der Waals surface area contributed by atoms with E-state index in [9.17, 15) is 13.2 Å². The molecule has 2 rings (SSSR count). The summed E-state index contributed by atoms with van der Waals surface area (Å²) in [6, 6.07) is 4.63. The summed E-state index contributed by atoms with van der Waals surface area (Å²) < 4.78 is 36.8. The molecule has 0 unspecified atom stereocenters. The van der Waals surface area contributed by atoms with Crippen LogP contribution in [0.1, 0.15) is 18.0 Å². The molecule has 0 aliphatic carbocycles. The van der Waals surface area contributed by atoms with Gasteiger partial charge < -0.3 is 0 Å². The summed E-state index contributed by atoms with van der Waals surface area (Å²) in [5, 5.41) is 5.62. The average molecular weight is 248 g/mol. The Morgan fingerprint density at radius 2 is 2.00 bits per heavy atom. The molecule has 0 aliphatic rings. The highest BCUT2D eigenvalue weighted by atomic mass is 32.1. The molecule has 0 bridgehead atoms. The van der Waals surface area contributed by atoms with Gasteiger partial charge in [0.1, 0.15) is 11.4 Å². The number of nitrogens with one attached hydrogen (secondary N) is 1. The molecule has 0 aromatic carbocycles. The third kappa shape index (κ3) is 2.44. The van der Waals surface area contributed by atoms with Crippen molar-refractivity contribution in [2.75, 3.05) is 0 Å². The number of hydrogen-bond acceptors (Lipinski definition) is 2. The van der Waals surface area contributed by atoms with Gasteiger partial charge in [0.2, 0.25) is 0 Å². The highest BCUT2D eigenvalue weighted by Gasteiger charge is 2.33. The fourth-order valence-corrected chi connectivity index (χ4v) is 1.99. The molecule has 2 aromatic heterocycles. The van der Waals surface area contributed by atoms with Crippen molar-refractivity contribution in [3.05, 3.63) is 28.8 Å². The Labute approximate surface area is 95.1 Å². The van der Waals surface area contributed by atoms with E-state index in [4.69, 9.17) is 0 Å². The van der Waals surface area contributed by atoms with Crippen LogP contribution >= 0.6 is 11.3 Å². The van der Waals surface area contributed by atoms with E-state index in [0.29, 0.717) is 5.69 Å². The smallest absolute Gasteiger partial charge is 0.273 e. The van der Waals surface area contributed by atoms with Gasteiger partial charge in [-0.3, -0.25) is 5.10 Å². The van der Waals surface area contributed by atoms with E-state index in [1.54, 1.807) is 6.07 Å². The summed E-state index contributed by atoms with van der Waals surface area (Å²) in [5.74, 6) is 0. The van der Waals surface area contributed by atoms with E-state index in [1.807, 2.05) is 18.1 Å². The minimum atomic E-state index is -4.36. The molecule has 0 saturated heterocycles. The molecule has 0 saturated carbocycles. The molecule has 88 valence electrons. The number of aromatic amines is 1. The summed E-state index contributed by atoms with van der Waals surface area (Å²) in [6.07, 6.45) is -4.36. The molecule has 0 fully saturated rings. The van der Waals surface area contributed by atoms with Gasteiger partial charge in [0, 0.05) is 4.88 Å². The lowest BCUT2D eigenvalue weighted by molar-refractivity contribution is -0.141. The SMILES string of the molecule is C.Cc1ccc(-c2cc(C(F)(F)F)[nH]n2)s1. The maximum absolute atomic E-state index is 12.3. The molecule has 16 heavy (non-hydrogen) atoms. The van der Waals surface area contributed by atoms with Crippen molar-refractivity contribution in [3.8, 4) is 10.6 Å². The minimum absolute atomic E-state index is 0. The van der Waals surface area contributed by atoms with E-state index < -0.39 is 11.9 Å². The van der Waals surface area contributed by atoms with E-state index in [2.05, 4.69) is 5.10 Å². The Hall–Kier alpha value is -1.30. The number of aryl methyl sites for hydroxylation is 1. The van der Waals surface area contributed by atoms with Crippen LogP contribution in [0.2, 0.25) is 0 Å². The Balaban J connectivity index is 0.00000128. The molecule has 0 spiro atoms. The Morgan fingerprint density at radius 3 is 2.44 bits per heavy atom. The van der Waals surface area contributed by atoms with Gasteiger partial charge in [-0.05, 0) is 25.1 Å². The average Bonchev–Trinajstić information content (AvgIpc) is 2.69. The minimum Gasteiger partial charge on any atom is -0.273 e. The zero-order valence-corrected chi connectivity index (χ0v) is 8.54. The second-order valence-electron chi connectivity index (χ2n) is 3.07. The molecule has 2 heterocycles. The normalized spacial score (nSPS) is 11.2. The molecular weight excluding hydrogens is 237 g/mol. The van der Waals surface area contributed by atoms with Crippen LogP contribution in [0.4, 0.5) is 13.2 Å². The molecule has 0 aliphatic heterocycles. The maximum Gasteiger partial charge on any atom is 0.432 e. The standard InChI is InChI=1S/C9H7F3N2S.CH4/c1-5-2-3-7(15-5)6-4-8(14-13-6)9(10,11)12;/h2-4H,1H3,(H,13,14);1H4. The molecule has 0 atom stereocenters. The molecular formula is C10H11F3N2S. The van der Waals surface area contributed by atoms with Gasteiger partial charge in [0.25, 0.3) is 0 Å². The predicted octanol–water partition coefficient (Wildman–Crippen LogP) is 4.10. The number of halogens is 3. The summed E-state index contributed by atoms with van der Waals surface area (Å²) >= 11 is 1.41. The van der Waals surface area contributed by atoms with Gasteiger partial charge in [-0.1, -0.05) is 7.43 Å². The van der Waals surface area contributed by atoms with Gasteiger partial charge in [-0.15, -0.1) is 11.3 Å².